The molecule has 7 heterocycles. The van der Waals surface area contributed by atoms with Crippen molar-refractivity contribution in [2.24, 2.45) is 11.3 Å². The highest BCUT2D eigenvalue weighted by Gasteiger charge is 2.55. The van der Waals surface area contributed by atoms with E-state index in [9.17, 15) is 23.3 Å². The number of amides is 1. The summed E-state index contributed by atoms with van der Waals surface area (Å²) in [6, 6.07) is 22.7. The molecule has 5 aromatic rings. The van der Waals surface area contributed by atoms with E-state index in [0.29, 0.717) is 73.9 Å². The second-order valence-corrected chi connectivity index (χ2v) is 21.1. The van der Waals surface area contributed by atoms with E-state index < -0.39 is 37.5 Å². The maximum Gasteiger partial charge on any atom is 0.293 e. The Morgan fingerprint density at radius 1 is 0.985 bits per heavy atom. The van der Waals surface area contributed by atoms with Gasteiger partial charge in [0, 0.05) is 73.7 Å². The van der Waals surface area contributed by atoms with Crippen molar-refractivity contribution in [3.05, 3.63) is 106 Å². The van der Waals surface area contributed by atoms with Gasteiger partial charge in [0.05, 0.1) is 40.3 Å². The van der Waals surface area contributed by atoms with Crippen molar-refractivity contribution in [3.63, 3.8) is 0 Å². The number of benzene rings is 3. The van der Waals surface area contributed by atoms with E-state index in [2.05, 4.69) is 62.9 Å². The third-order valence-electron chi connectivity index (χ3n) is 14.9. The van der Waals surface area contributed by atoms with Gasteiger partial charge in [-0.05, 0) is 110 Å². The van der Waals surface area contributed by atoms with Crippen molar-refractivity contribution < 1.29 is 32.3 Å². The predicted molar refractivity (Wildman–Crippen MR) is 250 cm³/mol. The van der Waals surface area contributed by atoms with Gasteiger partial charge in [0.25, 0.3) is 21.6 Å². The van der Waals surface area contributed by atoms with Gasteiger partial charge in [0.1, 0.15) is 23.1 Å². The number of nitro groups is 1. The minimum atomic E-state index is -4.58. The van der Waals surface area contributed by atoms with Gasteiger partial charge in [-0.25, -0.2) is 13.1 Å². The molecule has 0 bridgehead atoms. The highest BCUT2D eigenvalue weighted by atomic mass is 32.2. The zero-order valence-electron chi connectivity index (χ0n) is 37.3. The number of ether oxygens (including phenoxy) is 3. The normalized spacial score (nSPS) is 23.0. The highest BCUT2D eigenvalue weighted by Crippen LogP contribution is 2.55. The van der Waals surface area contributed by atoms with Gasteiger partial charge >= 0.3 is 0 Å². The maximum atomic E-state index is 14.5. The Labute approximate surface area is 384 Å². The molecule has 17 heteroatoms. The number of nitrogens with one attached hydrogen (secondary N) is 3. The molecule has 2 aromatic heterocycles. The number of rotatable bonds is 12. The summed E-state index contributed by atoms with van der Waals surface area (Å²) in [6.07, 6.45) is 7.72. The number of likely N-dealkylation sites (tertiary alicyclic amines) is 1. The van der Waals surface area contributed by atoms with Crippen LogP contribution in [0, 0.1) is 21.4 Å². The van der Waals surface area contributed by atoms with Crippen molar-refractivity contribution >= 4 is 55.4 Å². The van der Waals surface area contributed by atoms with Crippen molar-refractivity contribution in [1.82, 2.24) is 19.6 Å². The summed E-state index contributed by atoms with van der Waals surface area (Å²) < 4.78 is 48.1. The van der Waals surface area contributed by atoms with E-state index in [1.807, 2.05) is 29.2 Å². The first-order chi connectivity index (χ1) is 31.9. The zero-order valence-corrected chi connectivity index (χ0v) is 38.1. The number of sulfonamides is 1. The third kappa shape index (κ3) is 7.72. The fraction of sp³-hybridized carbons (Fsp3) is 0.469. The second-order valence-electron chi connectivity index (χ2n) is 19.5. The number of hydrogen-bond donors (Lipinski definition) is 3. The van der Waals surface area contributed by atoms with Gasteiger partial charge in [-0.15, -0.1) is 0 Å². The number of anilines is 4. The molecule has 1 spiro atoms. The molecule has 3 N–H and O–H groups in total. The van der Waals surface area contributed by atoms with E-state index in [4.69, 9.17) is 19.2 Å². The average molecular weight is 917 g/mol. The lowest BCUT2D eigenvalue weighted by Crippen LogP contribution is -2.66. The van der Waals surface area contributed by atoms with Gasteiger partial charge in [-0.3, -0.25) is 19.8 Å². The van der Waals surface area contributed by atoms with Crippen LogP contribution in [0.5, 0.6) is 5.88 Å². The van der Waals surface area contributed by atoms with E-state index in [0.717, 1.165) is 62.5 Å². The summed E-state index contributed by atoms with van der Waals surface area (Å²) in [4.78, 5) is 40.9. The number of carbonyl (C=O) groups excluding carboxylic acids is 1. The van der Waals surface area contributed by atoms with Gasteiger partial charge in [-0.2, -0.15) is 4.98 Å². The number of carbonyl (C=O) groups is 1. The molecule has 5 aliphatic heterocycles. The topological polar surface area (TPSA) is 184 Å². The minimum Gasteiger partial charge on any atom is -0.468 e. The molecule has 3 aromatic carbocycles. The minimum absolute atomic E-state index is 0.111. The first kappa shape index (κ1) is 42.9. The van der Waals surface area contributed by atoms with Crippen LogP contribution in [0.4, 0.5) is 28.4 Å². The Morgan fingerprint density at radius 3 is 2.61 bits per heavy atom. The van der Waals surface area contributed by atoms with Gasteiger partial charge in [-0.1, -0.05) is 38.1 Å². The maximum absolute atomic E-state index is 14.5. The van der Waals surface area contributed by atoms with Crippen LogP contribution in [0.25, 0.3) is 11.0 Å². The molecular formula is C49H56N8O8S. The van der Waals surface area contributed by atoms with Crippen LogP contribution in [0.2, 0.25) is 0 Å². The van der Waals surface area contributed by atoms with E-state index in [1.54, 1.807) is 12.3 Å². The Bertz CT molecular complexity index is 2800. The number of nitro benzene ring substituents is 1. The number of fused-ring (bicyclic) bond motifs is 3. The molecule has 346 valence electrons. The quantitative estimate of drug-likeness (QED) is 0.0820. The number of nitrogens with zero attached hydrogens (tertiary/aromatic N) is 5. The van der Waals surface area contributed by atoms with Gasteiger partial charge < -0.3 is 34.3 Å². The first-order valence-electron chi connectivity index (χ1n) is 23.4. The molecule has 1 saturated carbocycles. The van der Waals surface area contributed by atoms with Crippen molar-refractivity contribution in [2.75, 3.05) is 67.7 Å². The molecule has 6 aliphatic rings. The van der Waals surface area contributed by atoms with Gasteiger partial charge in [0.2, 0.25) is 5.88 Å². The van der Waals surface area contributed by atoms with Crippen molar-refractivity contribution in [1.29, 1.82) is 0 Å². The molecular weight excluding hydrogens is 861 g/mol. The Morgan fingerprint density at radius 2 is 1.80 bits per heavy atom. The molecule has 3 atom stereocenters. The molecule has 66 heavy (non-hydrogen) atoms. The van der Waals surface area contributed by atoms with Crippen LogP contribution >= 0.6 is 0 Å². The molecule has 1 aliphatic carbocycles. The third-order valence-corrected chi connectivity index (χ3v) is 16.3. The summed E-state index contributed by atoms with van der Waals surface area (Å²) in [6.45, 7) is 9.81. The second kappa shape index (κ2) is 16.8. The summed E-state index contributed by atoms with van der Waals surface area (Å²) in [5, 5.41) is 16.2. The number of H-pyrrole nitrogens is 1. The molecule has 4 saturated heterocycles. The Kier molecular flexibility index (Phi) is 10.9. The zero-order chi connectivity index (χ0) is 45.3. The Balaban J connectivity index is 0.875. The van der Waals surface area contributed by atoms with Crippen molar-refractivity contribution in [3.8, 4) is 5.88 Å². The molecule has 1 amide bonds. The van der Waals surface area contributed by atoms with Crippen LogP contribution in [-0.2, 0) is 19.5 Å². The van der Waals surface area contributed by atoms with Crippen LogP contribution in [0.15, 0.2) is 83.9 Å². The fourth-order valence-electron chi connectivity index (χ4n) is 11.5. The molecule has 5 fully saturated rings. The number of pyridine rings is 1. The van der Waals surface area contributed by atoms with Crippen LogP contribution < -0.4 is 24.6 Å². The van der Waals surface area contributed by atoms with Gasteiger partial charge in [0.15, 0.2) is 0 Å². The largest absolute Gasteiger partial charge is 0.468 e. The number of aromatic amines is 1. The molecule has 11 rings (SSSR count). The number of aromatic nitrogens is 2. The van der Waals surface area contributed by atoms with E-state index in [-0.39, 0.29) is 28.6 Å². The number of hydrogen-bond acceptors (Lipinski definition) is 13. The average Bonchev–Trinajstić information content (AvgIpc) is 4.08. The summed E-state index contributed by atoms with van der Waals surface area (Å²) >= 11 is 0. The molecule has 16 nitrogen and oxygen atoms in total. The summed E-state index contributed by atoms with van der Waals surface area (Å²) in [5.74, 6) is 0.249. The highest BCUT2D eigenvalue weighted by molar-refractivity contribution is 7.90. The van der Waals surface area contributed by atoms with Crippen molar-refractivity contribution in [2.45, 2.75) is 87.4 Å². The smallest absolute Gasteiger partial charge is 0.293 e. The summed E-state index contributed by atoms with van der Waals surface area (Å²) in [7, 11) is -4.58. The molecule has 0 radical (unpaired) electrons. The van der Waals surface area contributed by atoms with Crippen LogP contribution in [0.1, 0.15) is 85.8 Å². The lowest BCUT2D eigenvalue weighted by atomic mass is 9.60. The first-order valence-corrected chi connectivity index (χ1v) is 24.8. The summed E-state index contributed by atoms with van der Waals surface area (Å²) in [5.41, 5.74) is 5.73. The lowest BCUT2D eigenvalue weighted by molar-refractivity contribution is -0.384. The predicted octanol–water partition coefficient (Wildman–Crippen LogP) is 7.66. The lowest BCUT2D eigenvalue weighted by Gasteiger charge is -2.62. The Hall–Kier alpha value is -5.75. The van der Waals surface area contributed by atoms with E-state index in [1.165, 1.54) is 36.1 Å². The van der Waals surface area contributed by atoms with Crippen LogP contribution in [-0.4, -0.2) is 105 Å². The van der Waals surface area contributed by atoms with Crippen LogP contribution in [0.3, 0.4) is 0 Å². The molecule has 0 unspecified atom stereocenters. The van der Waals surface area contributed by atoms with E-state index >= 15 is 0 Å². The monoisotopic (exact) mass is 916 g/mol. The fourth-order valence-corrected chi connectivity index (χ4v) is 12.5. The SMILES string of the molecule is CC(C)c1ccccc1[C@@H]1CCCN1C1CC2(C1)CN(c1ccc(C(=O)NS(=O)(=O)c3ccc(NCC4CCOCC4)c([N+](=O)[O-])c3)c(N3c4cc5cc[nH]c5nc4O[C@H]4COC[C@@H]43)c1)C2. The standard InChI is InChI=1S/C49H56N8O8S/c1-30(2)36-6-3-4-7-37(36)40-8-5-17-55(40)34-23-49(24-34)28-54(29-49)33-9-11-38(41(21-33)56-43-20-32-13-16-50-46(32)52-48(43)65-45-27-64-26-44(45)56)47(58)53-66(61,62)35-10-12-39(42(22-35)57(59)60)51-25-31-14-18-63-19-15-31/h3-4,6-7,9-13,16,20-22,30-31,34,40,44-45,51H,5,8,14-15,17-19,23-29H2,1-2H3,(H,50,52)(H,53,58)/t40-,44-,45-/m0/s1.